The topological polar surface area (TPSA) is 42.4 Å². The molecule has 0 saturated carbocycles. The number of alkyl halides is 3. The Morgan fingerprint density at radius 2 is 2.00 bits per heavy atom. The van der Waals surface area contributed by atoms with Gasteiger partial charge in [0.1, 0.15) is 0 Å². The van der Waals surface area contributed by atoms with Crippen molar-refractivity contribution in [2.45, 2.75) is 25.1 Å². The van der Waals surface area contributed by atoms with Crippen LogP contribution in [0.4, 0.5) is 13.2 Å². The zero-order valence-electron chi connectivity index (χ0n) is 10.8. The average Bonchev–Trinajstić information content (AvgIpc) is 2.42. The summed E-state index contributed by atoms with van der Waals surface area (Å²) in [5.41, 5.74) is 1.12. The van der Waals surface area contributed by atoms with Crippen molar-refractivity contribution < 1.29 is 23.0 Å². The molecule has 6 heteroatoms. The quantitative estimate of drug-likeness (QED) is 0.933. The Hall–Kier alpha value is -1.82. The van der Waals surface area contributed by atoms with Gasteiger partial charge in [0.05, 0.1) is 18.7 Å². The van der Waals surface area contributed by atoms with Gasteiger partial charge in [-0.1, -0.05) is 6.07 Å². The molecule has 0 radical (unpaired) electrons. The lowest BCUT2D eigenvalue weighted by Gasteiger charge is -2.13. The van der Waals surface area contributed by atoms with Crippen LogP contribution in [0.3, 0.4) is 0 Å². The highest BCUT2D eigenvalue weighted by atomic mass is 19.4. The first-order chi connectivity index (χ1) is 9.39. The summed E-state index contributed by atoms with van der Waals surface area (Å²) < 4.78 is 41.4. The van der Waals surface area contributed by atoms with Crippen molar-refractivity contribution in [2.24, 2.45) is 0 Å². The molecule has 0 amide bonds. The molecule has 1 heterocycles. The smallest absolute Gasteiger partial charge is 0.389 e. The Labute approximate surface area is 114 Å². The number of pyridine rings is 1. The lowest BCUT2D eigenvalue weighted by Crippen LogP contribution is -2.10. The third kappa shape index (κ3) is 3.60. The maximum Gasteiger partial charge on any atom is 0.389 e. The summed E-state index contributed by atoms with van der Waals surface area (Å²) >= 11 is 0. The number of hydrogen-bond donors (Lipinski definition) is 1. The lowest BCUT2D eigenvalue weighted by molar-refractivity contribution is -0.140. The van der Waals surface area contributed by atoms with Gasteiger partial charge in [-0.2, -0.15) is 13.2 Å². The first kappa shape index (κ1) is 14.6. The van der Waals surface area contributed by atoms with Crippen LogP contribution in [0.1, 0.15) is 24.5 Å². The molecule has 1 atom stereocenters. The van der Waals surface area contributed by atoms with Crippen molar-refractivity contribution in [1.29, 1.82) is 0 Å². The van der Waals surface area contributed by atoms with E-state index in [1.807, 2.05) is 0 Å². The van der Waals surface area contributed by atoms with Crippen molar-refractivity contribution in [3.63, 3.8) is 0 Å². The molecular weight excluding hydrogens is 271 g/mol. The Balaban J connectivity index is 2.19. The van der Waals surface area contributed by atoms with Gasteiger partial charge in [-0.25, -0.2) is 4.98 Å². The van der Waals surface area contributed by atoms with Gasteiger partial charge < -0.3 is 9.84 Å². The van der Waals surface area contributed by atoms with Crippen LogP contribution in [-0.4, -0.2) is 23.4 Å². The molecule has 1 aromatic heterocycles. The summed E-state index contributed by atoms with van der Waals surface area (Å²) in [7, 11) is 1.50. The number of aromatic nitrogens is 1. The second-order valence-electron chi connectivity index (χ2n) is 4.48. The second kappa shape index (κ2) is 5.66. The Morgan fingerprint density at radius 3 is 2.65 bits per heavy atom. The van der Waals surface area contributed by atoms with Crippen LogP contribution in [-0.2, 0) is 0 Å². The van der Waals surface area contributed by atoms with Gasteiger partial charge in [0.25, 0.3) is 0 Å². The van der Waals surface area contributed by atoms with Gasteiger partial charge in [-0.3, -0.25) is 0 Å². The second-order valence-corrected chi connectivity index (χ2v) is 4.48. The number of benzene rings is 1. The fourth-order valence-corrected chi connectivity index (χ4v) is 1.91. The molecule has 0 aliphatic heterocycles. The van der Waals surface area contributed by atoms with Crippen molar-refractivity contribution in [3.05, 3.63) is 35.9 Å². The van der Waals surface area contributed by atoms with Crippen LogP contribution in [0.2, 0.25) is 0 Å². The van der Waals surface area contributed by atoms with Crippen LogP contribution in [0.25, 0.3) is 10.9 Å². The summed E-state index contributed by atoms with van der Waals surface area (Å²) in [5, 5.41) is 10.5. The van der Waals surface area contributed by atoms with Gasteiger partial charge in [-0.15, -0.1) is 0 Å². The molecule has 20 heavy (non-hydrogen) atoms. The molecule has 108 valence electrons. The summed E-state index contributed by atoms with van der Waals surface area (Å²) in [6.45, 7) is 0. The largest absolute Gasteiger partial charge is 0.481 e. The van der Waals surface area contributed by atoms with E-state index < -0.39 is 18.7 Å². The van der Waals surface area contributed by atoms with E-state index in [0.29, 0.717) is 17.0 Å². The van der Waals surface area contributed by atoms with E-state index >= 15 is 0 Å². The molecule has 2 aromatic rings. The van der Waals surface area contributed by atoms with Crippen molar-refractivity contribution >= 4 is 10.9 Å². The number of aliphatic hydroxyl groups is 1. The van der Waals surface area contributed by atoms with Crippen LogP contribution < -0.4 is 4.74 Å². The van der Waals surface area contributed by atoms with E-state index in [4.69, 9.17) is 4.74 Å². The maximum absolute atomic E-state index is 12.1. The fourth-order valence-electron chi connectivity index (χ4n) is 1.91. The molecule has 0 spiro atoms. The predicted octanol–water partition coefficient (Wildman–Crippen LogP) is 3.62. The molecule has 2 rings (SSSR count). The van der Waals surface area contributed by atoms with Gasteiger partial charge >= 0.3 is 6.18 Å². The molecule has 0 fully saturated rings. The van der Waals surface area contributed by atoms with Crippen LogP contribution in [0, 0.1) is 0 Å². The number of rotatable bonds is 4. The first-order valence-electron chi connectivity index (χ1n) is 6.08. The molecule has 0 bridgehead atoms. The Morgan fingerprint density at radius 1 is 1.25 bits per heavy atom. The van der Waals surface area contributed by atoms with Gasteiger partial charge in [-0.05, 0) is 30.2 Å². The summed E-state index contributed by atoms with van der Waals surface area (Å²) in [6.07, 6.45) is -6.75. The third-order valence-corrected chi connectivity index (χ3v) is 2.98. The van der Waals surface area contributed by atoms with Gasteiger partial charge in [0.15, 0.2) is 0 Å². The summed E-state index contributed by atoms with van der Waals surface area (Å²) in [4.78, 5) is 4.20. The highest BCUT2D eigenvalue weighted by molar-refractivity contribution is 5.79. The van der Waals surface area contributed by atoms with E-state index in [9.17, 15) is 18.3 Å². The zero-order chi connectivity index (χ0) is 14.8. The molecule has 0 unspecified atom stereocenters. The Kier molecular flexibility index (Phi) is 4.13. The number of methoxy groups -OCH3 is 1. The predicted molar refractivity (Wildman–Crippen MR) is 68.5 cm³/mol. The van der Waals surface area contributed by atoms with Crippen molar-refractivity contribution in [3.8, 4) is 5.88 Å². The summed E-state index contributed by atoms with van der Waals surface area (Å²) in [5.74, 6) is 0.461. The minimum Gasteiger partial charge on any atom is -0.481 e. The monoisotopic (exact) mass is 285 g/mol. The van der Waals surface area contributed by atoms with Crippen LogP contribution in [0.15, 0.2) is 30.3 Å². The van der Waals surface area contributed by atoms with E-state index in [1.54, 1.807) is 30.3 Å². The SMILES string of the molecule is COc1ccc2cc([C@H](O)CCC(F)(F)F)ccc2n1. The number of nitrogens with zero attached hydrogens (tertiary/aromatic N) is 1. The van der Waals surface area contributed by atoms with Crippen LogP contribution in [0.5, 0.6) is 5.88 Å². The number of aliphatic hydroxyl groups excluding tert-OH is 1. The number of halogens is 3. The number of ether oxygens (including phenoxy) is 1. The molecule has 0 saturated heterocycles. The third-order valence-electron chi connectivity index (χ3n) is 2.98. The molecular formula is C14H14F3NO2. The van der Waals surface area contributed by atoms with Gasteiger partial charge in [0, 0.05) is 17.9 Å². The molecule has 3 nitrogen and oxygen atoms in total. The fraction of sp³-hybridized carbons (Fsp3) is 0.357. The Bertz CT molecular complexity index is 598. The van der Waals surface area contributed by atoms with Gasteiger partial charge in [0.2, 0.25) is 5.88 Å². The van der Waals surface area contributed by atoms with Crippen molar-refractivity contribution in [1.82, 2.24) is 4.98 Å². The molecule has 0 aliphatic rings. The number of fused-ring (bicyclic) bond motifs is 1. The van der Waals surface area contributed by atoms with E-state index in [1.165, 1.54) is 7.11 Å². The van der Waals surface area contributed by atoms with E-state index in [-0.39, 0.29) is 6.42 Å². The number of hydrogen-bond acceptors (Lipinski definition) is 3. The highest BCUT2D eigenvalue weighted by Crippen LogP contribution is 2.29. The zero-order valence-corrected chi connectivity index (χ0v) is 10.8. The standard InChI is InChI=1S/C14H14F3NO2/c1-20-13-5-3-9-8-10(2-4-11(9)18-13)12(19)6-7-14(15,16)17/h2-5,8,12,19H,6-7H2,1H3/t12-/m1/s1. The highest BCUT2D eigenvalue weighted by Gasteiger charge is 2.28. The van der Waals surface area contributed by atoms with E-state index in [0.717, 1.165) is 5.39 Å². The maximum atomic E-state index is 12.1. The summed E-state index contributed by atoms with van der Waals surface area (Å²) in [6, 6.07) is 8.29. The van der Waals surface area contributed by atoms with E-state index in [2.05, 4.69) is 4.98 Å². The average molecular weight is 285 g/mol. The van der Waals surface area contributed by atoms with Crippen LogP contribution >= 0.6 is 0 Å². The molecule has 1 N–H and O–H groups in total. The molecule has 1 aromatic carbocycles. The molecule has 0 aliphatic carbocycles. The first-order valence-corrected chi connectivity index (χ1v) is 6.08. The lowest BCUT2D eigenvalue weighted by atomic mass is 10.0. The van der Waals surface area contributed by atoms with Crippen molar-refractivity contribution in [2.75, 3.05) is 7.11 Å². The minimum atomic E-state index is -4.26. The minimum absolute atomic E-state index is 0.349. The normalized spacial score (nSPS) is 13.4.